The number of carbonyl (C=O) groups excluding carboxylic acids is 1. The molecule has 9 nitrogen and oxygen atoms in total. The fraction of sp³-hybridized carbons (Fsp3) is 0.353. The first-order valence-corrected chi connectivity index (χ1v) is 12.4. The van der Waals surface area contributed by atoms with Gasteiger partial charge in [-0.15, -0.1) is 11.3 Å². The van der Waals surface area contributed by atoms with E-state index in [0.29, 0.717) is 13.2 Å². The number of rotatable bonds is 7. The quantitative estimate of drug-likeness (QED) is 0.662. The molecule has 3 rings (SSSR count). The Morgan fingerprint density at radius 1 is 1.17 bits per heavy atom. The summed E-state index contributed by atoms with van der Waals surface area (Å²) in [4.78, 5) is 12.4. The largest absolute Gasteiger partial charge is 0.379 e. The second-order valence-corrected chi connectivity index (χ2v) is 11.4. The Morgan fingerprint density at radius 3 is 2.55 bits per heavy atom. The molecule has 0 atom stereocenters. The zero-order valence-corrected chi connectivity index (χ0v) is 18.1. The highest BCUT2D eigenvalue weighted by atomic mass is 32.2. The number of hydrogen-bond acceptors (Lipinski definition) is 7. The summed E-state index contributed by atoms with van der Waals surface area (Å²) in [5, 5.41) is 4.20. The minimum atomic E-state index is -3.75. The lowest BCUT2D eigenvalue weighted by Crippen LogP contribution is -2.40. The van der Waals surface area contributed by atoms with E-state index in [1.165, 1.54) is 35.6 Å². The Balaban J connectivity index is 1.69. The molecule has 1 N–H and O–H groups in total. The highest BCUT2D eigenvalue weighted by molar-refractivity contribution is 7.91. The van der Waals surface area contributed by atoms with Crippen LogP contribution in [0.3, 0.4) is 0 Å². The minimum absolute atomic E-state index is 0.0526. The summed E-state index contributed by atoms with van der Waals surface area (Å²) >= 11 is 1.07. The molecule has 1 aliphatic heterocycles. The van der Waals surface area contributed by atoms with Gasteiger partial charge < -0.3 is 10.1 Å². The van der Waals surface area contributed by atoms with Gasteiger partial charge in [0.2, 0.25) is 15.9 Å². The van der Waals surface area contributed by atoms with Crippen molar-refractivity contribution in [1.82, 2.24) is 8.61 Å². The molecule has 0 spiro atoms. The van der Waals surface area contributed by atoms with Crippen LogP contribution in [-0.2, 0) is 29.6 Å². The molecule has 0 saturated carbocycles. The Labute approximate surface area is 174 Å². The molecule has 0 aliphatic carbocycles. The molecule has 0 bridgehead atoms. The maximum Gasteiger partial charge on any atom is 0.252 e. The number of carbonyl (C=O) groups is 1. The first kappa shape index (κ1) is 21.9. The van der Waals surface area contributed by atoms with Gasteiger partial charge in [-0.05, 0) is 29.6 Å². The summed E-state index contributed by atoms with van der Waals surface area (Å²) in [6.07, 6.45) is 0. The molecule has 1 saturated heterocycles. The first-order valence-electron chi connectivity index (χ1n) is 8.69. The van der Waals surface area contributed by atoms with Gasteiger partial charge >= 0.3 is 0 Å². The summed E-state index contributed by atoms with van der Waals surface area (Å²) < 4.78 is 57.9. The van der Waals surface area contributed by atoms with Crippen LogP contribution in [0, 0.1) is 0 Å². The van der Waals surface area contributed by atoms with Crippen molar-refractivity contribution in [3.05, 3.63) is 41.8 Å². The monoisotopic (exact) mass is 459 g/mol. The Morgan fingerprint density at radius 2 is 1.90 bits per heavy atom. The van der Waals surface area contributed by atoms with Crippen LogP contribution in [-0.4, -0.2) is 71.2 Å². The normalized spacial score (nSPS) is 16.1. The molecular weight excluding hydrogens is 438 g/mol. The zero-order valence-electron chi connectivity index (χ0n) is 15.6. The van der Waals surface area contributed by atoms with Crippen LogP contribution >= 0.6 is 11.3 Å². The SMILES string of the molecule is CN(CC(=O)Nc1cccc(S(=O)(=O)N2CCOCC2)c1)S(=O)(=O)c1cccs1. The van der Waals surface area contributed by atoms with Gasteiger partial charge in [0, 0.05) is 25.8 Å². The molecule has 1 aromatic heterocycles. The van der Waals surface area contributed by atoms with Crippen LogP contribution in [0.1, 0.15) is 0 Å². The second kappa shape index (κ2) is 8.90. The number of thiophene rings is 1. The van der Waals surface area contributed by atoms with Gasteiger partial charge in [0.25, 0.3) is 10.0 Å². The summed E-state index contributed by atoms with van der Waals surface area (Å²) in [6.45, 7) is 0.802. The number of amides is 1. The molecule has 1 amide bonds. The van der Waals surface area contributed by atoms with E-state index < -0.39 is 32.5 Å². The number of hydrogen-bond donors (Lipinski definition) is 1. The summed E-state index contributed by atoms with van der Waals surface area (Å²) in [5.74, 6) is -0.575. The molecule has 1 fully saturated rings. The van der Waals surface area contributed by atoms with Crippen LogP contribution in [0.4, 0.5) is 5.69 Å². The molecule has 29 heavy (non-hydrogen) atoms. The van der Waals surface area contributed by atoms with Crippen molar-refractivity contribution in [2.24, 2.45) is 0 Å². The second-order valence-electron chi connectivity index (χ2n) is 6.29. The molecule has 1 aliphatic rings. The van der Waals surface area contributed by atoms with Gasteiger partial charge in [0.05, 0.1) is 24.7 Å². The number of anilines is 1. The molecular formula is C17H21N3O6S3. The topological polar surface area (TPSA) is 113 Å². The number of benzene rings is 1. The van der Waals surface area contributed by atoms with E-state index in [1.54, 1.807) is 17.5 Å². The third-order valence-electron chi connectivity index (χ3n) is 4.25. The van der Waals surface area contributed by atoms with Crippen molar-refractivity contribution in [3.8, 4) is 0 Å². The Bertz CT molecular complexity index is 1060. The lowest BCUT2D eigenvalue weighted by atomic mass is 10.3. The minimum Gasteiger partial charge on any atom is -0.379 e. The van der Waals surface area contributed by atoms with E-state index >= 15 is 0 Å². The average Bonchev–Trinajstić information content (AvgIpc) is 3.24. The fourth-order valence-corrected chi connectivity index (χ4v) is 6.50. The van der Waals surface area contributed by atoms with Gasteiger partial charge in [-0.3, -0.25) is 4.79 Å². The summed E-state index contributed by atoms with van der Waals surface area (Å²) in [5.41, 5.74) is 0.270. The summed E-state index contributed by atoms with van der Waals surface area (Å²) in [7, 11) is -6.14. The number of likely N-dealkylation sites (N-methyl/N-ethyl adjacent to an activating group) is 1. The van der Waals surface area contributed by atoms with Crippen LogP contribution < -0.4 is 5.32 Å². The zero-order chi connectivity index (χ0) is 21.1. The standard InChI is InChI=1S/C17H21N3O6S3/c1-19(29(24,25)17-6-3-11-27-17)13-16(21)18-14-4-2-5-15(12-14)28(22,23)20-7-9-26-10-8-20/h2-6,11-12H,7-10,13H2,1H3,(H,18,21). The molecule has 12 heteroatoms. The smallest absolute Gasteiger partial charge is 0.252 e. The van der Waals surface area contributed by atoms with E-state index in [9.17, 15) is 21.6 Å². The van der Waals surface area contributed by atoms with Crippen LogP contribution in [0.15, 0.2) is 50.9 Å². The summed E-state index contributed by atoms with van der Waals surface area (Å²) in [6, 6.07) is 8.96. The number of ether oxygens (including phenoxy) is 1. The predicted octanol–water partition coefficient (Wildman–Crippen LogP) is 1.03. The molecule has 0 unspecified atom stereocenters. The van der Waals surface area contributed by atoms with E-state index in [4.69, 9.17) is 4.74 Å². The molecule has 1 aromatic carbocycles. The van der Waals surface area contributed by atoms with Crippen LogP contribution in [0.5, 0.6) is 0 Å². The van der Waals surface area contributed by atoms with E-state index in [0.717, 1.165) is 15.6 Å². The molecule has 2 aromatic rings. The van der Waals surface area contributed by atoms with Crippen molar-refractivity contribution >= 4 is 43.0 Å². The molecule has 2 heterocycles. The van der Waals surface area contributed by atoms with E-state index in [1.807, 2.05) is 0 Å². The highest BCUT2D eigenvalue weighted by Gasteiger charge is 2.27. The van der Waals surface area contributed by atoms with Crippen molar-refractivity contribution in [2.45, 2.75) is 9.10 Å². The van der Waals surface area contributed by atoms with Gasteiger partial charge in [0.1, 0.15) is 4.21 Å². The van der Waals surface area contributed by atoms with Gasteiger partial charge in [0.15, 0.2) is 0 Å². The fourth-order valence-electron chi connectivity index (χ4n) is 2.72. The third kappa shape index (κ3) is 5.02. The average molecular weight is 460 g/mol. The molecule has 158 valence electrons. The maximum atomic E-state index is 12.7. The van der Waals surface area contributed by atoms with Gasteiger partial charge in [-0.25, -0.2) is 16.8 Å². The van der Waals surface area contributed by atoms with Crippen LogP contribution in [0.2, 0.25) is 0 Å². The Kier molecular flexibility index (Phi) is 6.71. The lowest BCUT2D eigenvalue weighted by Gasteiger charge is -2.26. The maximum absolute atomic E-state index is 12.7. The number of nitrogens with one attached hydrogen (secondary N) is 1. The third-order valence-corrected chi connectivity index (χ3v) is 9.32. The van der Waals surface area contributed by atoms with Gasteiger partial charge in [-0.1, -0.05) is 12.1 Å². The van der Waals surface area contributed by atoms with E-state index in [2.05, 4.69) is 5.32 Å². The number of nitrogens with zero attached hydrogens (tertiary/aromatic N) is 2. The van der Waals surface area contributed by atoms with Crippen molar-refractivity contribution in [3.63, 3.8) is 0 Å². The highest BCUT2D eigenvalue weighted by Crippen LogP contribution is 2.22. The number of morpholine rings is 1. The van der Waals surface area contributed by atoms with Crippen molar-refractivity contribution < 1.29 is 26.4 Å². The van der Waals surface area contributed by atoms with Crippen molar-refractivity contribution in [1.29, 1.82) is 0 Å². The van der Waals surface area contributed by atoms with E-state index in [-0.39, 0.29) is 27.9 Å². The number of sulfonamides is 2. The van der Waals surface area contributed by atoms with Crippen LogP contribution in [0.25, 0.3) is 0 Å². The lowest BCUT2D eigenvalue weighted by molar-refractivity contribution is -0.116. The Hall–Kier alpha value is -1.83. The van der Waals surface area contributed by atoms with Gasteiger partial charge in [-0.2, -0.15) is 8.61 Å². The first-order chi connectivity index (χ1) is 13.7. The molecule has 0 radical (unpaired) electrons. The predicted molar refractivity (Wildman–Crippen MR) is 109 cm³/mol. The van der Waals surface area contributed by atoms with Crippen molar-refractivity contribution in [2.75, 3.05) is 45.2 Å².